The predicted octanol–water partition coefficient (Wildman–Crippen LogP) is 5.62. The largest absolute Gasteiger partial charge is 0.0856 e. The summed E-state index contributed by atoms with van der Waals surface area (Å²) in [5, 5.41) is 0. The van der Waals surface area contributed by atoms with Crippen LogP contribution in [-0.4, -0.2) is 0 Å². The van der Waals surface area contributed by atoms with Crippen molar-refractivity contribution in [1.29, 1.82) is 0 Å². The van der Waals surface area contributed by atoms with E-state index in [1.165, 1.54) is 24.0 Å². The minimum Gasteiger partial charge on any atom is -0.0856 e. The summed E-state index contributed by atoms with van der Waals surface area (Å²) in [7, 11) is 0. The van der Waals surface area contributed by atoms with E-state index in [9.17, 15) is 0 Å². The minimum atomic E-state index is 1.15. The fourth-order valence-electron chi connectivity index (χ4n) is 2.00. The summed E-state index contributed by atoms with van der Waals surface area (Å²) < 4.78 is 0. The van der Waals surface area contributed by atoms with Crippen molar-refractivity contribution in [3.05, 3.63) is 53.6 Å². The van der Waals surface area contributed by atoms with Crippen LogP contribution in [-0.2, 0) is 0 Å². The fourth-order valence-corrected chi connectivity index (χ4v) is 2.00. The summed E-state index contributed by atoms with van der Waals surface area (Å²) in [4.78, 5) is 0. The monoisotopic (exact) mass is 228 g/mol. The van der Waals surface area contributed by atoms with Crippen LogP contribution < -0.4 is 0 Å². The molecule has 0 heteroatoms. The van der Waals surface area contributed by atoms with Gasteiger partial charge in [-0.05, 0) is 43.7 Å². The summed E-state index contributed by atoms with van der Waals surface area (Å²) in [5.41, 5.74) is 4.31. The van der Waals surface area contributed by atoms with Gasteiger partial charge in [-0.25, -0.2) is 0 Å². The van der Waals surface area contributed by atoms with E-state index in [0.717, 1.165) is 12.8 Å². The van der Waals surface area contributed by atoms with Crippen LogP contribution in [0.1, 0.15) is 52.0 Å². The molecule has 0 heterocycles. The summed E-state index contributed by atoms with van der Waals surface area (Å²) >= 11 is 0. The maximum atomic E-state index is 2.37. The second kappa shape index (κ2) is 7.89. The molecule has 0 aliphatic heterocycles. The highest BCUT2D eigenvalue weighted by atomic mass is 14.0. The smallest absolute Gasteiger partial charge is 0.0231 e. The molecule has 0 saturated heterocycles. The molecule has 92 valence electrons. The van der Waals surface area contributed by atoms with Crippen molar-refractivity contribution >= 4 is 5.57 Å². The molecule has 1 aromatic rings. The van der Waals surface area contributed by atoms with Crippen LogP contribution in [0.4, 0.5) is 0 Å². The van der Waals surface area contributed by atoms with Gasteiger partial charge in [-0.1, -0.05) is 61.9 Å². The van der Waals surface area contributed by atoms with Gasteiger partial charge in [0.15, 0.2) is 0 Å². The van der Waals surface area contributed by atoms with E-state index in [2.05, 4.69) is 63.3 Å². The number of hydrogen-bond donors (Lipinski definition) is 0. The lowest BCUT2D eigenvalue weighted by molar-refractivity contribution is 0.894. The fraction of sp³-hybridized carbons (Fsp3) is 0.412. The minimum absolute atomic E-state index is 1.15. The quantitative estimate of drug-likeness (QED) is 0.555. The molecule has 0 aliphatic carbocycles. The molecular formula is C17H24. The SMILES string of the molecule is CC/C=C(\CC)CC/C=C(\C)c1ccccc1. The molecule has 1 aromatic carbocycles. The van der Waals surface area contributed by atoms with Gasteiger partial charge in [-0.2, -0.15) is 0 Å². The second-order valence-corrected chi connectivity index (χ2v) is 4.42. The van der Waals surface area contributed by atoms with Crippen LogP contribution in [0.2, 0.25) is 0 Å². The third-order valence-corrected chi connectivity index (χ3v) is 3.09. The first-order valence-electron chi connectivity index (χ1n) is 6.68. The lowest BCUT2D eigenvalue weighted by Gasteiger charge is -2.04. The zero-order valence-electron chi connectivity index (χ0n) is 11.4. The van der Waals surface area contributed by atoms with Crippen LogP contribution in [0.25, 0.3) is 5.57 Å². The van der Waals surface area contributed by atoms with Crippen molar-refractivity contribution in [1.82, 2.24) is 0 Å². The standard InChI is InChI=1S/C17H24/c1-4-10-16(5-2)12-9-11-15(3)17-13-7-6-8-14-17/h6-8,10-11,13-14H,4-5,9,12H2,1-3H3/b15-11+,16-10+. The molecule has 0 spiro atoms. The normalized spacial score (nSPS) is 12.9. The molecule has 1 rings (SSSR count). The van der Waals surface area contributed by atoms with Crippen molar-refractivity contribution in [2.45, 2.75) is 46.5 Å². The van der Waals surface area contributed by atoms with Gasteiger partial charge in [0.05, 0.1) is 0 Å². The summed E-state index contributed by atoms with van der Waals surface area (Å²) in [6.45, 7) is 6.65. The molecule has 0 unspecified atom stereocenters. The predicted molar refractivity (Wildman–Crippen MR) is 78.0 cm³/mol. The Kier molecular flexibility index (Phi) is 6.39. The lowest BCUT2D eigenvalue weighted by atomic mass is 10.0. The summed E-state index contributed by atoms with van der Waals surface area (Å²) in [6, 6.07) is 10.6. The topological polar surface area (TPSA) is 0 Å². The number of benzene rings is 1. The van der Waals surface area contributed by atoms with Crippen LogP contribution in [0, 0.1) is 0 Å². The lowest BCUT2D eigenvalue weighted by Crippen LogP contribution is -1.83. The number of rotatable bonds is 6. The average molecular weight is 228 g/mol. The maximum Gasteiger partial charge on any atom is -0.0231 e. The molecule has 0 fully saturated rings. The van der Waals surface area contributed by atoms with Crippen molar-refractivity contribution in [3.8, 4) is 0 Å². The van der Waals surface area contributed by atoms with Crippen molar-refractivity contribution in [2.24, 2.45) is 0 Å². The number of hydrogen-bond acceptors (Lipinski definition) is 0. The molecule has 0 amide bonds. The van der Waals surface area contributed by atoms with E-state index in [1.54, 1.807) is 5.57 Å². The van der Waals surface area contributed by atoms with E-state index < -0.39 is 0 Å². The first-order chi connectivity index (χ1) is 8.27. The van der Waals surface area contributed by atoms with Gasteiger partial charge in [0, 0.05) is 0 Å². The van der Waals surface area contributed by atoms with Gasteiger partial charge in [-0.15, -0.1) is 0 Å². The molecule has 0 aromatic heterocycles. The molecule has 0 nitrogen and oxygen atoms in total. The van der Waals surface area contributed by atoms with E-state index in [1.807, 2.05) is 0 Å². The summed E-state index contributed by atoms with van der Waals surface area (Å²) in [5.74, 6) is 0. The highest BCUT2D eigenvalue weighted by Crippen LogP contribution is 2.17. The Morgan fingerprint density at radius 1 is 1.06 bits per heavy atom. The molecule has 0 aliphatic rings. The van der Waals surface area contributed by atoms with Crippen molar-refractivity contribution in [2.75, 3.05) is 0 Å². The van der Waals surface area contributed by atoms with E-state index >= 15 is 0 Å². The van der Waals surface area contributed by atoms with Gasteiger partial charge >= 0.3 is 0 Å². The van der Waals surface area contributed by atoms with Gasteiger partial charge < -0.3 is 0 Å². The Morgan fingerprint density at radius 3 is 2.35 bits per heavy atom. The Morgan fingerprint density at radius 2 is 1.76 bits per heavy atom. The van der Waals surface area contributed by atoms with E-state index in [0.29, 0.717) is 0 Å². The van der Waals surface area contributed by atoms with Crippen molar-refractivity contribution in [3.63, 3.8) is 0 Å². The molecule has 0 atom stereocenters. The Hall–Kier alpha value is -1.30. The van der Waals surface area contributed by atoms with Gasteiger partial charge in [0.2, 0.25) is 0 Å². The van der Waals surface area contributed by atoms with Crippen molar-refractivity contribution < 1.29 is 0 Å². The average Bonchev–Trinajstić information content (AvgIpc) is 2.38. The highest BCUT2D eigenvalue weighted by molar-refractivity contribution is 5.63. The van der Waals surface area contributed by atoms with Crippen LogP contribution in [0.5, 0.6) is 0 Å². The molecule has 17 heavy (non-hydrogen) atoms. The molecule has 0 saturated carbocycles. The third kappa shape index (κ3) is 5.04. The molecule has 0 bridgehead atoms. The van der Waals surface area contributed by atoms with Crippen LogP contribution >= 0.6 is 0 Å². The maximum absolute atomic E-state index is 2.37. The first kappa shape index (κ1) is 13.8. The first-order valence-corrected chi connectivity index (χ1v) is 6.68. The summed E-state index contributed by atoms with van der Waals surface area (Å²) in [6.07, 6.45) is 9.42. The van der Waals surface area contributed by atoms with E-state index in [-0.39, 0.29) is 0 Å². The Bertz CT molecular complexity index is 368. The van der Waals surface area contributed by atoms with Gasteiger partial charge in [0.1, 0.15) is 0 Å². The van der Waals surface area contributed by atoms with Crippen LogP contribution in [0.3, 0.4) is 0 Å². The third-order valence-electron chi connectivity index (χ3n) is 3.09. The molecular weight excluding hydrogens is 204 g/mol. The molecule has 0 N–H and O–H groups in total. The molecule has 0 radical (unpaired) electrons. The Labute approximate surface area is 106 Å². The van der Waals surface area contributed by atoms with Gasteiger partial charge in [-0.3, -0.25) is 0 Å². The Balaban J connectivity index is 2.52. The van der Waals surface area contributed by atoms with E-state index in [4.69, 9.17) is 0 Å². The highest BCUT2D eigenvalue weighted by Gasteiger charge is 1.95. The zero-order valence-corrected chi connectivity index (χ0v) is 11.4. The second-order valence-electron chi connectivity index (χ2n) is 4.42. The zero-order chi connectivity index (χ0) is 12.5. The number of allylic oxidation sites excluding steroid dienone is 4. The van der Waals surface area contributed by atoms with Gasteiger partial charge in [0.25, 0.3) is 0 Å². The van der Waals surface area contributed by atoms with Crippen LogP contribution in [0.15, 0.2) is 48.1 Å².